The number of hydrogen-bond donors (Lipinski definition) is 1. The topological polar surface area (TPSA) is 108 Å². The summed E-state index contributed by atoms with van der Waals surface area (Å²) in [6.07, 6.45) is 89.6. The standard InChI is InChI=1S/C72H122NO8P/c1-6-8-10-12-14-16-18-20-22-24-26-28-30-32-34-36-38-40-42-44-46-48-50-52-54-56-58-60-62-64-71(74)78-68-70(69-80-82(76,77)79-67-66-73(3,4)5)81-72(75)65-63-61-59-57-55-53-51-49-47-45-43-41-39-37-35-33-31-29-27-25-23-21-19-17-15-13-11-9-7-2/h8-11,14-17,20-23,26-29,33,35,39,41,45,47,70H,6-7,12-13,18-19,24-25,30-32,34,36-38,40,42-44,46,48-69H2,1-5H3/p+1/b10-8-,11-9-,16-14-,17-15-,22-20-,23-21-,28-26-,29-27-,35-33-,41-39-,47-45-. The van der Waals surface area contributed by atoms with Crippen LogP contribution in [0.5, 0.6) is 0 Å². The van der Waals surface area contributed by atoms with Gasteiger partial charge in [0.15, 0.2) is 6.10 Å². The van der Waals surface area contributed by atoms with Crippen molar-refractivity contribution in [1.29, 1.82) is 0 Å². The summed E-state index contributed by atoms with van der Waals surface area (Å²) in [5, 5.41) is 0. The number of phosphoric acid groups is 1. The van der Waals surface area contributed by atoms with Gasteiger partial charge in [-0.3, -0.25) is 18.6 Å². The van der Waals surface area contributed by atoms with Crippen LogP contribution in [0.1, 0.15) is 258 Å². The predicted molar refractivity (Wildman–Crippen MR) is 353 cm³/mol. The molecular weight excluding hydrogens is 1040 g/mol. The average Bonchev–Trinajstić information content (AvgIpc) is 3.45. The molecule has 2 atom stereocenters. The first kappa shape index (κ1) is 78.1. The largest absolute Gasteiger partial charge is 0.472 e. The Bertz CT molecular complexity index is 1850. The Morgan fingerprint density at radius 2 is 0.659 bits per heavy atom. The molecule has 2 unspecified atom stereocenters. The van der Waals surface area contributed by atoms with E-state index in [2.05, 4.69) is 148 Å². The predicted octanol–water partition coefficient (Wildman–Crippen LogP) is 21.3. The molecule has 0 aliphatic carbocycles. The van der Waals surface area contributed by atoms with Gasteiger partial charge in [-0.15, -0.1) is 0 Å². The van der Waals surface area contributed by atoms with Gasteiger partial charge in [-0.05, 0) is 109 Å². The lowest BCUT2D eigenvalue weighted by Crippen LogP contribution is -2.37. The quantitative estimate of drug-likeness (QED) is 0.0211. The molecule has 468 valence electrons. The smallest absolute Gasteiger partial charge is 0.462 e. The second kappa shape index (κ2) is 61.7. The van der Waals surface area contributed by atoms with E-state index in [0.717, 1.165) is 116 Å². The first-order chi connectivity index (χ1) is 40.0. The highest BCUT2D eigenvalue weighted by molar-refractivity contribution is 7.47. The van der Waals surface area contributed by atoms with Crippen molar-refractivity contribution in [3.63, 3.8) is 0 Å². The van der Waals surface area contributed by atoms with Gasteiger partial charge in [-0.1, -0.05) is 270 Å². The monoisotopic (exact) mass is 1160 g/mol. The normalized spacial score (nSPS) is 14.1. The average molecular weight is 1160 g/mol. The van der Waals surface area contributed by atoms with E-state index in [0.29, 0.717) is 17.4 Å². The van der Waals surface area contributed by atoms with Crippen molar-refractivity contribution in [1.82, 2.24) is 0 Å². The molecule has 0 spiro atoms. The molecule has 10 heteroatoms. The van der Waals surface area contributed by atoms with Crippen molar-refractivity contribution >= 4 is 19.8 Å². The Morgan fingerprint density at radius 1 is 0.378 bits per heavy atom. The van der Waals surface area contributed by atoms with Crippen LogP contribution in [0.25, 0.3) is 0 Å². The van der Waals surface area contributed by atoms with Gasteiger partial charge >= 0.3 is 19.8 Å². The van der Waals surface area contributed by atoms with Crippen molar-refractivity contribution in [3.05, 3.63) is 134 Å². The highest BCUT2D eigenvalue weighted by Crippen LogP contribution is 2.43. The number of ether oxygens (including phenoxy) is 2. The van der Waals surface area contributed by atoms with E-state index in [4.69, 9.17) is 18.5 Å². The molecule has 0 aromatic rings. The van der Waals surface area contributed by atoms with Gasteiger partial charge in [0.05, 0.1) is 27.7 Å². The zero-order valence-electron chi connectivity index (χ0n) is 53.2. The molecule has 82 heavy (non-hydrogen) atoms. The highest BCUT2D eigenvalue weighted by atomic mass is 31.2. The molecule has 0 aliphatic rings. The van der Waals surface area contributed by atoms with Crippen LogP contribution < -0.4 is 0 Å². The van der Waals surface area contributed by atoms with Crippen LogP contribution in [-0.2, 0) is 32.7 Å². The summed E-state index contributed by atoms with van der Waals surface area (Å²) in [5.41, 5.74) is 0. The van der Waals surface area contributed by atoms with Gasteiger partial charge in [0.25, 0.3) is 0 Å². The van der Waals surface area contributed by atoms with Crippen molar-refractivity contribution in [2.75, 3.05) is 47.5 Å². The molecule has 0 fully saturated rings. The zero-order valence-corrected chi connectivity index (χ0v) is 54.1. The van der Waals surface area contributed by atoms with Gasteiger partial charge in [-0.25, -0.2) is 4.57 Å². The molecule has 0 heterocycles. The van der Waals surface area contributed by atoms with Crippen molar-refractivity contribution in [3.8, 4) is 0 Å². The van der Waals surface area contributed by atoms with E-state index in [-0.39, 0.29) is 32.0 Å². The van der Waals surface area contributed by atoms with Crippen molar-refractivity contribution in [2.24, 2.45) is 0 Å². The van der Waals surface area contributed by atoms with Crippen molar-refractivity contribution in [2.45, 2.75) is 264 Å². The number of esters is 2. The summed E-state index contributed by atoms with van der Waals surface area (Å²) in [5.74, 6) is -0.813. The third-order valence-corrected chi connectivity index (χ3v) is 14.7. The summed E-state index contributed by atoms with van der Waals surface area (Å²) >= 11 is 0. The molecule has 0 rings (SSSR count). The van der Waals surface area contributed by atoms with Gasteiger partial charge < -0.3 is 18.9 Å². The number of rotatable bonds is 59. The lowest BCUT2D eigenvalue weighted by molar-refractivity contribution is -0.870. The Balaban J connectivity index is 4.14. The Kier molecular flexibility index (Phi) is 58.8. The number of carbonyl (C=O) groups is 2. The van der Waals surface area contributed by atoms with E-state index in [1.807, 2.05) is 21.1 Å². The third-order valence-electron chi connectivity index (χ3n) is 13.7. The lowest BCUT2D eigenvalue weighted by Gasteiger charge is -2.24. The molecule has 0 saturated carbocycles. The minimum absolute atomic E-state index is 0.0232. The molecule has 0 bridgehead atoms. The third kappa shape index (κ3) is 65.3. The molecule has 0 amide bonds. The molecule has 0 aliphatic heterocycles. The SMILES string of the molecule is CC/C=C\C/C=C\C/C=C\C/C=C\C/C=C\C/C=C\C/C=C\CCCCCCCCCC(=O)OC(COC(=O)CCCCCCCCCCCCCCCCCC/C=C\C/C=C\C/C=C\C/C=C\CC)COP(=O)(O)OCC[N+](C)(C)C. The molecule has 0 saturated heterocycles. The lowest BCUT2D eigenvalue weighted by atomic mass is 10.0. The first-order valence-corrected chi connectivity index (χ1v) is 34.4. The fourth-order valence-electron chi connectivity index (χ4n) is 8.69. The van der Waals surface area contributed by atoms with Gasteiger partial charge in [0.2, 0.25) is 0 Å². The molecule has 0 radical (unpaired) electrons. The molecule has 1 N–H and O–H groups in total. The molecule has 0 aromatic heterocycles. The van der Waals surface area contributed by atoms with Gasteiger partial charge in [-0.2, -0.15) is 0 Å². The van der Waals surface area contributed by atoms with E-state index in [9.17, 15) is 19.0 Å². The second-order valence-corrected chi connectivity index (χ2v) is 24.2. The summed E-state index contributed by atoms with van der Waals surface area (Å²) in [6, 6.07) is 0. The van der Waals surface area contributed by atoms with E-state index in [1.165, 1.54) is 109 Å². The van der Waals surface area contributed by atoms with Crippen LogP contribution in [0.2, 0.25) is 0 Å². The molecular formula is C72H123NO8P+. The number of nitrogens with zero attached hydrogens (tertiary/aromatic N) is 1. The number of phosphoric ester groups is 1. The maximum atomic E-state index is 12.9. The highest BCUT2D eigenvalue weighted by Gasteiger charge is 2.27. The number of carbonyl (C=O) groups excluding carboxylic acids is 2. The summed E-state index contributed by atoms with van der Waals surface area (Å²) in [4.78, 5) is 35.8. The number of likely N-dealkylation sites (N-methyl/N-ethyl adjacent to an activating group) is 1. The minimum atomic E-state index is -4.40. The van der Waals surface area contributed by atoms with E-state index in [1.54, 1.807) is 0 Å². The van der Waals surface area contributed by atoms with Crippen LogP contribution in [0.4, 0.5) is 0 Å². The van der Waals surface area contributed by atoms with Crippen LogP contribution in [0, 0.1) is 0 Å². The number of quaternary nitrogens is 1. The number of hydrogen-bond acceptors (Lipinski definition) is 7. The van der Waals surface area contributed by atoms with Crippen LogP contribution in [0.3, 0.4) is 0 Å². The Hall–Kier alpha value is -3.85. The maximum Gasteiger partial charge on any atom is 0.472 e. The number of allylic oxidation sites excluding steroid dienone is 22. The summed E-state index contributed by atoms with van der Waals surface area (Å²) in [7, 11) is 1.46. The molecule has 0 aromatic carbocycles. The fourth-order valence-corrected chi connectivity index (χ4v) is 9.44. The maximum absolute atomic E-state index is 12.9. The van der Waals surface area contributed by atoms with E-state index >= 15 is 0 Å². The van der Waals surface area contributed by atoms with Crippen LogP contribution in [0.15, 0.2) is 134 Å². The van der Waals surface area contributed by atoms with Crippen molar-refractivity contribution < 1.29 is 42.1 Å². The second-order valence-electron chi connectivity index (χ2n) is 22.7. The summed E-state index contributed by atoms with van der Waals surface area (Å²) in [6.45, 7) is 4.20. The van der Waals surface area contributed by atoms with Crippen LogP contribution >= 0.6 is 7.82 Å². The van der Waals surface area contributed by atoms with Crippen LogP contribution in [-0.4, -0.2) is 74.9 Å². The Labute approximate surface area is 504 Å². The zero-order chi connectivity index (χ0) is 59.8. The first-order valence-electron chi connectivity index (χ1n) is 32.9. The fraction of sp³-hybridized carbons (Fsp3) is 0.667. The Morgan fingerprint density at radius 3 is 0.976 bits per heavy atom. The molecule has 9 nitrogen and oxygen atoms in total. The minimum Gasteiger partial charge on any atom is -0.462 e. The van der Waals surface area contributed by atoms with Gasteiger partial charge in [0, 0.05) is 12.8 Å². The number of unbranched alkanes of at least 4 members (excludes halogenated alkanes) is 23. The van der Waals surface area contributed by atoms with Gasteiger partial charge in [0.1, 0.15) is 19.8 Å². The van der Waals surface area contributed by atoms with E-state index < -0.39 is 26.5 Å². The summed E-state index contributed by atoms with van der Waals surface area (Å²) < 4.78 is 34.7.